The molecule has 0 rings (SSSR count). The van der Waals surface area contributed by atoms with Crippen LogP contribution in [0.3, 0.4) is 0 Å². The zero-order valence-corrected chi connectivity index (χ0v) is 7.11. The molecule has 1 unspecified atom stereocenters. The lowest BCUT2D eigenvalue weighted by Crippen LogP contribution is -2.14. The van der Waals surface area contributed by atoms with Gasteiger partial charge in [-0.3, -0.25) is 4.79 Å². The summed E-state index contributed by atoms with van der Waals surface area (Å²) < 4.78 is 0. The van der Waals surface area contributed by atoms with Crippen LogP contribution < -0.4 is 0 Å². The van der Waals surface area contributed by atoms with Gasteiger partial charge in [0.1, 0.15) is 0 Å². The van der Waals surface area contributed by atoms with Gasteiger partial charge in [-0.25, -0.2) is 0 Å². The molecule has 1 atom stereocenters. The van der Waals surface area contributed by atoms with E-state index in [1.807, 2.05) is 20.8 Å². The summed E-state index contributed by atoms with van der Waals surface area (Å²) in [5, 5.41) is 0.0208. The average Bonchev–Trinajstić information content (AvgIpc) is 1.64. The molecule has 0 aliphatic heterocycles. The Balaban J connectivity index is 3.83. The molecule has 0 aromatic heterocycles. The summed E-state index contributed by atoms with van der Waals surface area (Å²) in [6.07, 6.45) is 0.903. The maximum Gasteiger partial charge on any atom is 0.189 e. The Morgan fingerprint density at radius 3 is 2.00 bits per heavy atom. The van der Waals surface area contributed by atoms with Crippen LogP contribution in [0.2, 0.25) is 0 Å². The molecule has 0 bridgehead atoms. The Hall–Kier alpha value is 0.0200. The normalized spacial score (nSPS) is 13.9. The maximum atomic E-state index is 10.7. The van der Waals surface area contributed by atoms with Crippen molar-refractivity contribution >= 4 is 17.7 Å². The van der Waals surface area contributed by atoms with Gasteiger partial charge in [0, 0.05) is 5.92 Å². The second-order valence-electron chi connectivity index (χ2n) is 2.60. The first-order valence-electron chi connectivity index (χ1n) is 3.32. The van der Waals surface area contributed by atoms with Gasteiger partial charge in [0.05, 0.1) is 0 Å². The van der Waals surface area contributed by atoms with Crippen LogP contribution in [0.4, 0.5) is 0 Å². The van der Waals surface area contributed by atoms with Gasteiger partial charge in [-0.05, 0) is 12.3 Å². The largest absolute Gasteiger partial charge is 0.287 e. The summed E-state index contributed by atoms with van der Waals surface area (Å²) in [5.41, 5.74) is 0. The van der Waals surface area contributed by atoms with Gasteiger partial charge in [-0.15, -0.1) is 12.6 Å². The highest BCUT2D eigenvalue weighted by Gasteiger charge is 2.15. The van der Waals surface area contributed by atoms with Crippen molar-refractivity contribution in [2.75, 3.05) is 0 Å². The van der Waals surface area contributed by atoms with Crippen molar-refractivity contribution in [1.29, 1.82) is 0 Å². The SMILES string of the molecule is CCC(C(=O)S)C(C)C. The first-order chi connectivity index (χ1) is 4.09. The Morgan fingerprint density at radius 2 is 2.00 bits per heavy atom. The second-order valence-corrected chi connectivity index (χ2v) is 3.04. The molecule has 0 N–H and O–H groups in total. The van der Waals surface area contributed by atoms with Gasteiger partial charge in [-0.2, -0.15) is 0 Å². The number of hydrogen-bond donors (Lipinski definition) is 1. The molecule has 0 heterocycles. The van der Waals surface area contributed by atoms with Crippen LogP contribution in [0.15, 0.2) is 0 Å². The summed E-state index contributed by atoms with van der Waals surface area (Å²) in [6, 6.07) is 0. The van der Waals surface area contributed by atoms with Crippen molar-refractivity contribution in [2.24, 2.45) is 11.8 Å². The number of carbonyl (C=O) groups is 1. The quantitative estimate of drug-likeness (QED) is 0.603. The van der Waals surface area contributed by atoms with E-state index < -0.39 is 0 Å². The van der Waals surface area contributed by atoms with Crippen molar-refractivity contribution in [3.05, 3.63) is 0 Å². The molecule has 0 saturated carbocycles. The van der Waals surface area contributed by atoms with Crippen molar-refractivity contribution < 1.29 is 4.79 Å². The second kappa shape index (κ2) is 3.94. The lowest BCUT2D eigenvalue weighted by molar-refractivity contribution is -0.115. The third kappa shape index (κ3) is 2.89. The number of carbonyl (C=O) groups excluding carboxylic acids is 1. The van der Waals surface area contributed by atoms with Crippen molar-refractivity contribution in [2.45, 2.75) is 27.2 Å². The van der Waals surface area contributed by atoms with E-state index in [1.54, 1.807) is 0 Å². The highest BCUT2D eigenvalue weighted by Crippen LogP contribution is 2.16. The van der Waals surface area contributed by atoms with E-state index in [1.165, 1.54) is 0 Å². The molecule has 0 aromatic rings. The molecule has 0 spiro atoms. The summed E-state index contributed by atoms with van der Waals surface area (Å²) in [4.78, 5) is 10.7. The van der Waals surface area contributed by atoms with Crippen molar-refractivity contribution in [1.82, 2.24) is 0 Å². The third-order valence-electron chi connectivity index (χ3n) is 1.56. The Morgan fingerprint density at radius 1 is 1.56 bits per heavy atom. The standard InChI is InChI=1S/C7H14OS/c1-4-6(5(2)3)7(8)9/h5-6H,4H2,1-3H3,(H,8,9). The van der Waals surface area contributed by atoms with E-state index in [-0.39, 0.29) is 11.0 Å². The fraction of sp³-hybridized carbons (Fsp3) is 0.857. The molecule has 0 amide bonds. The van der Waals surface area contributed by atoms with Crippen molar-refractivity contribution in [3.63, 3.8) is 0 Å². The molecule has 2 heteroatoms. The van der Waals surface area contributed by atoms with E-state index in [4.69, 9.17) is 0 Å². The molecule has 0 aromatic carbocycles. The number of rotatable bonds is 3. The predicted molar refractivity (Wildman–Crippen MR) is 42.6 cm³/mol. The molecular weight excluding hydrogens is 132 g/mol. The fourth-order valence-corrected chi connectivity index (χ4v) is 1.41. The van der Waals surface area contributed by atoms with E-state index in [2.05, 4.69) is 12.6 Å². The Kier molecular flexibility index (Phi) is 3.95. The zero-order chi connectivity index (χ0) is 7.44. The van der Waals surface area contributed by atoms with Gasteiger partial charge in [0.25, 0.3) is 0 Å². The Labute approximate surface area is 62.2 Å². The van der Waals surface area contributed by atoms with Crippen LogP contribution in [-0.4, -0.2) is 5.12 Å². The van der Waals surface area contributed by atoms with Crippen LogP contribution in [-0.2, 0) is 4.79 Å². The first-order valence-corrected chi connectivity index (χ1v) is 3.77. The molecule has 0 fully saturated rings. The lowest BCUT2D eigenvalue weighted by atomic mass is 9.95. The Bertz CT molecular complexity index is 99.1. The minimum Gasteiger partial charge on any atom is -0.287 e. The third-order valence-corrected chi connectivity index (χ3v) is 1.89. The highest BCUT2D eigenvalue weighted by atomic mass is 32.1. The summed E-state index contributed by atoms with van der Waals surface area (Å²) in [5.74, 6) is 0.577. The molecule has 54 valence electrons. The van der Waals surface area contributed by atoms with E-state index in [0.717, 1.165) is 6.42 Å². The van der Waals surface area contributed by atoms with E-state index >= 15 is 0 Å². The monoisotopic (exact) mass is 146 g/mol. The maximum absolute atomic E-state index is 10.7. The van der Waals surface area contributed by atoms with Gasteiger partial charge < -0.3 is 0 Å². The van der Waals surface area contributed by atoms with Crippen LogP contribution in [0, 0.1) is 11.8 Å². The van der Waals surface area contributed by atoms with Crippen LogP contribution in [0.5, 0.6) is 0 Å². The zero-order valence-electron chi connectivity index (χ0n) is 6.22. The van der Waals surface area contributed by atoms with Crippen LogP contribution >= 0.6 is 12.6 Å². The van der Waals surface area contributed by atoms with Crippen LogP contribution in [0.1, 0.15) is 27.2 Å². The molecule has 9 heavy (non-hydrogen) atoms. The van der Waals surface area contributed by atoms with Crippen LogP contribution in [0.25, 0.3) is 0 Å². The average molecular weight is 146 g/mol. The highest BCUT2D eigenvalue weighted by molar-refractivity contribution is 7.96. The number of hydrogen-bond acceptors (Lipinski definition) is 1. The molecule has 1 nitrogen and oxygen atoms in total. The molecule has 0 radical (unpaired) electrons. The molecular formula is C7H14OS. The summed E-state index contributed by atoms with van der Waals surface area (Å²) in [7, 11) is 0. The molecule has 0 aliphatic carbocycles. The predicted octanol–water partition coefficient (Wildman–Crippen LogP) is 2.12. The first kappa shape index (κ1) is 9.02. The topological polar surface area (TPSA) is 17.1 Å². The fourth-order valence-electron chi connectivity index (χ4n) is 0.931. The summed E-state index contributed by atoms with van der Waals surface area (Å²) in [6.45, 7) is 6.10. The molecule has 0 aliphatic rings. The van der Waals surface area contributed by atoms with Gasteiger partial charge in [0.15, 0.2) is 5.12 Å². The minimum absolute atomic E-state index is 0.0208. The van der Waals surface area contributed by atoms with Gasteiger partial charge >= 0.3 is 0 Å². The van der Waals surface area contributed by atoms with Crippen molar-refractivity contribution in [3.8, 4) is 0 Å². The molecule has 0 saturated heterocycles. The summed E-state index contributed by atoms with van der Waals surface area (Å²) >= 11 is 3.77. The smallest absolute Gasteiger partial charge is 0.189 e. The lowest BCUT2D eigenvalue weighted by Gasteiger charge is -2.13. The van der Waals surface area contributed by atoms with Gasteiger partial charge in [0.2, 0.25) is 0 Å². The number of thiol groups is 1. The van der Waals surface area contributed by atoms with E-state index in [0.29, 0.717) is 5.92 Å². The van der Waals surface area contributed by atoms with Gasteiger partial charge in [-0.1, -0.05) is 20.8 Å². The van der Waals surface area contributed by atoms with E-state index in [9.17, 15) is 4.79 Å². The minimum atomic E-state index is 0.0208.